The standard InChI is InChI=1S/C12H13N3O2/c1-3-11(16)14(2)10-8-12(17)15-7-5-4-6-9(15)13-10/h4-8H,3H2,1-2H3. The summed E-state index contributed by atoms with van der Waals surface area (Å²) in [5.74, 6) is 0.310. The number of anilines is 1. The molecule has 0 fully saturated rings. The predicted molar refractivity (Wildman–Crippen MR) is 65.2 cm³/mol. The Morgan fingerprint density at radius 3 is 2.94 bits per heavy atom. The van der Waals surface area contributed by atoms with Crippen LogP contribution in [0.3, 0.4) is 0 Å². The van der Waals surface area contributed by atoms with Gasteiger partial charge in [-0.2, -0.15) is 0 Å². The van der Waals surface area contributed by atoms with Gasteiger partial charge >= 0.3 is 0 Å². The van der Waals surface area contributed by atoms with Gasteiger partial charge in [0.1, 0.15) is 11.5 Å². The van der Waals surface area contributed by atoms with E-state index in [1.807, 2.05) is 0 Å². The molecule has 0 aliphatic carbocycles. The molecular formula is C12H13N3O2. The van der Waals surface area contributed by atoms with Gasteiger partial charge in [0, 0.05) is 25.7 Å². The molecule has 0 N–H and O–H groups in total. The van der Waals surface area contributed by atoms with E-state index in [0.29, 0.717) is 17.9 Å². The van der Waals surface area contributed by atoms with Crippen molar-refractivity contribution in [1.82, 2.24) is 9.38 Å². The summed E-state index contributed by atoms with van der Waals surface area (Å²) in [6, 6.07) is 6.65. The minimum atomic E-state index is -0.193. The number of fused-ring (bicyclic) bond motifs is 1. The molecule has 0 aromatic carbocycles. The van der Waals surface area contributed by atoms with Crippen molar-refractivity contribution in [2.45, 2.75) is 13.3 Å². The van der Waals surface area contributed by atoms with Crippen LogP contribution in [-0.4, -0.2) is 22.3 Å². The third-order valence-electron chi connectivity index (χ3n) is 2.58. The van der Waals surface area contributed by atoms with Crippen molar-refractivity contribution < 1.29 is 4.79 Å². The molecule has 0 radical (unpaired) electrons. The number of amides is 1. The molecule has 0 aliphatic heterocycles. The molecule has 0 spiro atoms. The summed E-state index contributed by atoms with van der Waals surface area (Å²) in [6.45, 7) is 1.77. The predicted octanol–water partition coefficient (Wildman–Crippen LogP) is 1.07. The highest BCUT2D eigenvalue weighted by atomic mass is 16.2. The first-order chi connectivity index (χ1) is 8.13. The topological polar surface area (TPSA) is 54.7 Å². The van der Waals surface area contributed by atoms with Crippen molar-refractivity contribution in [3.8, 4) is 0 Å². The molecule has 0 unspecified atom stereocenters. The third kappa shape index (κ3) is 2.04. The lowest BCUT2D eigenvalue weighted by atomic mass is 10.4. The molecule has 0 atom stereocenters. The van der Waals surface area contributed by atoms with Crippen LogP contribution in [0.1, 0.15) is 13.3 Å². The molecule has 0 bridgehead atoms. The Morgan fingerprint density at radius 2 is 2.24 bits per heavy atom. The molecule has 2 aromatic rings. The Morgan fingerprint density at radius 1 is 1.47 bits per heavy atom. The van der Waals surface area contributed by atoms with Crippen molar-refractivity contribution in [1.29, 1.82) is 0 Å². The molecule has 2 rings (SSSR count). The highest BCUT2D eigenvalue weighted by Crippen LogP contribution is 2.08. The fraction of sp³-hybridized carbons (Fsp3) is 0.250. The van der Waals surface area contributed by atoms with E-state index in [-0.39, 0.29) is 11.5 Å². The van der Waals surface area contributed by atoms with E-state index in [4.69, 9.17) is 0 Å². The highest BCUT2D eigenvalue weighted by molar-refractivity contribution is 5.91. The lowest BCUT2D eigenvalue weighted by Gasteiger charge is -2.15. The Hall–Kier alpha value is -2.17. The second kappa shape index (κ2) is 4.37. The Labute approximate surface area is 98.3 Å². The van der Waals surface area contributed by atoms with E-state index < -0.39 is 0 Å². The van der Waals surface area contributed by atoms with Gasteiger partial charge in [0.15, 0.2) is 0 Å². The Kier molecular flexibility index (Phi) is 2.91. The molecule has 0 aliphatic rings. The minimum Gasteiger partial charge on any atom is -0.300 e. The van der Waals surface area contributed by atoms with Crippen molar-refractivity contribution >= 4 is 17.4 Å². The molecule has 0 saturated heterocycles. The van der Waals surface area contributed by atoms with E-state index in [9.17, 15) is 9.59 Å². The molecule has 2 heterocycles. The summed E-state index contributed by atoms with van der Waals surface area (Å²) in [7, 11) is 1.62. The van der Waals surface area contributed by atoms with Crippen LogP contribution in [0.25, 0.3) is 5.65 Å². The zero-order valence-electron chi connectivity index (χ0n) is 9.75. The molecule has 5 nitrogen and oxygen atoms in total. The van der Waals surface area contributed by atoms with Gasteiger partial charge in [0.25, 0.3) is 5.56 Å². The minimum absolute atomic E-state index is 0.0721. The summed E-state index contributed by atoms with van der Waals surface area (Å²) in [5, 5.41) is 0. The summed E-state index contributed by atoms with van der Waals surface area (Å²) in [6.07, 6.45) is 2.03. The van der Waals surface area contributed by atoms with Gasteiger partial charge in [-0.15, -0.1) is 0 Å². The van der Waals surface area contributed by atoms with Crippen molar-refractivity contribution in [2.24, 2.45) is 0 Å². The second-order valence-electron chi connectivity index (χ2n) is 3.69. The van der Waals surface area contributed by atoms with Crippen LogP contribution < -0.4 is 10.5 Å². The zero-order valence-corrected chi connectivity index (χ0v) is 9.75. The number of hydrogen-bond donors (Lipinski definition) is 0. The molecule has 5 heteroatoms. The fourth-order valence-electron chi connectivity index (χ4n) is 1.58. The van der Waals surface area contributed by atoms with Crippen molar-refractivity contribution in [3.05, 3.63) is 40.8 Å². The van der Waals surface area contributed by atoms with Gasteiger partial charge in [0.05, 0.1) is 0 Å². The maximum atomic E-state index is 11.8. The van der Waals surface area contributed by atoms with Crippen LogP contribution in [-0.2, 0) is 4.79 Å². The number of hydrogen-bond acceptors (Lipinski definition) is 3. The summed E-state index contributed by atoms with van der Waals surface area (Å²) < 4.78 is 1.44. The zero-order chi connectivity index (χ0) is 12.4. The van der Waals surface area contributed by atoms with Gasteiger partial charge in [-0.05, 0) is 12.1 Å². The van der Waals surface area contributed by atoms with Crippen molar-refractivity contribution in [3.63, 3.8) is 0 Å². The van der Waals surface area contributed by atoms with Crippen LogP contribution in [0.4, 0.5) is 5.82 Å². The van der Waals surface area contributed by atoms with Crippen LogP contribution in [0.15, 0.2) is 35.3 Å². The van der Waals surface area contributed by atoms with Crippen LogP contribution in [0.2, 0.25) is 0 Å². The number of aromatic nitrogens is 2. The normalized spacial score (nSPS) is 10.5. The largest absolute Gasteiger partial charge is 0.300 e. The first-order valence-corrected chi connectivity index (χ1v) is 5.38. The SMILES string of the molecule is CCC(=O)N(C)c1cc(=O)n2ccccc2n1. The molecular weight excluding hydrogens is 218 g/mol. The van der Waals surface area contributed by atoms with Gasteiger partial charge in [-0.3, -0.25) is 18.9 Å². The fourth-order valence-corrected chi connectivity index (χ4v) is 1.58. The molecule has 1 amide bonds. The van der Waals surface area contributed by atoms with Gasteiger partial charge in [-0.1, -0.05) is 13.0 Å². The van der Waals surface area contributed by atoms with Crippen LogP contribution >= 0.6 is 0 Å². The van der Waals surface area contributed by atoms with Crippen LogP contribution in [0.5, 0.6) is 0 Å². The smallest absolute Gasteiger partial charge is 0.259 e. The average Bonchev–Trinajstić information content (AvgIpc) is 2.37. The maximum absolute atomic E-state index is 11.8. The monoisotopic (exact) mass is 231 g/mol. The quantitative estimate of drug-likeness (QED) is 0.776. The number of carbonyl (C=O) groups excluding carboxylic acids is 1. The lowest BCUT2D eigenvalue weighted by Crippen LogP contribution is -2.28. The molecule has 88 valence electrons. The number of nitrogens with zero attached hydrogens (tertiary/aromatic N) is 3. The third-order valence-corrected chi connectivity index (χ3v) is 2.58. The number of rotatable bonds is 2. The van der Waals surface area contributed by atoms with E-state index in [1.54, 1.807) is 38.4 Å². The van der Waals surface area contributed by atoms with Crippen molar-refractivity contribution in [2.75, 3.05) is 11.9 Å². The van der Waals surface area contributed by atoms with Gasteiger partial charge in [0.2, 0.25) is 5.91 Å². The van der Waals surface area contributed by atoms with E-state index in [2.05, 4.69) is 4.98 Å². The number of carbonyl (C=O) groups is 1. The second-order valence-corrected chi connectivity index (χ2v) is 3.69. The van der Waals surface area contributed by atoms with Gasteiger partial charge in [-0.25, -0.2) is 4.98 Å². The summed E-state index contributed by atoms with van der Waals surface area (Å²) in [5.41, 5.74) is 0.340. The maximum Gasteiger partial charge on any atom is 0.259 e. The Bertz CT molecular complexity index is 618. The summed E-state index contributed by atoms with van der Waals surface area (Å²) >= 11 is 0. The molecule has 2 aromatic heterocycles. The molecule has 0 saturated carbocycles. The van der Waals surface area contributed by atoms with E-state index in [1.165, 1.54) is 15.4 Å². The van der Waals surface area contributed by atoms with Crippen LogP contribution in [0, 0.1) is 0 Å². The average molecular weight is 231 g/mol. The lowest BCUT2D eigenvalue weighted by molar-refractivity contribution is -0.118. The number of pyridine rings is 1. The first kappa shape index (κ1) is 11.3. The Balaban J connectivity index is 2.58. The first-order valence-electron chi connectivity index (χ1n) is 5.38. The summed E-state index contributed by atoms with van der Waals surface area (Å²) in [4.78, 5) is 29.0. The van der Waals surface area contributed by atoms with Gasteiger partial charge < -0.3 is 0 Å². The highest BCUT2D eigenvalue weighted by Gasteiger charge is 2.11. The van der Waals surface area contributed by atoms with E-state index in [0.717, 1.165) is 0 Å². The van der Waals surface area contributed by atoms with E-state index >= 15 is 0 Å². The molecule has 17 heavy (non-hydrogen) atoms.